The van der Waals surface area contributed by atoms with Crippen molar-refractivity contribution in [1.82, 2.24) is 4.98 Å². The third-order valence-electron chi connectivity index (χ3n) is 1.54. The summed E-state index contributed by atoms with van der Waals surface area (Å²) < 4.78 is 0.904. The number of hydrogen-bond acceptors (Lipinski definition) is 2. The van der Waals surface area contributed by atoms with Gasteiger partial charge in [-0.25, -0.2) is 0 Å². The SMILES string of the molecule is CNc1c(C)c(Br)c[nH]c1=O. The Labute approximate surface area is 73.0 Å². The summed E-state index contributed by atoms with van der Waals surface area (Å²) in [5.41, 5.74) is 1.45. The first-order valence-corrected chi connectivity index (χ1v) is 4.01. The second kappa shape index (κ2) is 3.09. The van der Waals surface area contributed by atoms with Gasteiger partial charge in [0.1, 0.15) is 5.69 Å². The summed E-state index contributed by atoms with van der Waals surface area (Å²) >= 11 is 3.31. The fraction of sp³-hybridized carbons (Fsp3) is 0.286. The van der Waals surface area contributed by atoms with Gasteiger partial charge in [-0.2, -0.15) is 0 Å². The van der Waals surface area contributed by atoms with E-state index < -0.39 is 0 Å². The zero-order chi connectivity index (χ0) is 8.43. The lowest BCUT2D eigenvalue weighted by molar-refractivity contribution is 1.18. The van der Waals surface area contributed by atoms with Gasteiger partial charge >= 0.3 is 0 Å². The predicted octanol–water partition coefficient (Wildman–Crippen LogP) is 1.49. The van der Waals surface area contributed by atoms with E-state index in [1.54, 1.807) is 13.2 Å². The summed E-state index contributed by atoms with van der Waals surface area (Å²) in [6.07, 6.45) is 1.64. The molecule has 2 N–H and O–H groups in total. The monoisotopic (exact) mass is 216 g/mol. The van der Waals surface area contributed by atoms with Crippen molar-refractivity contribution < 1.29 is 0 Å². The van der Waals surface area contributed by atoms with Gasteiger partial charge in [0.25, 0.3) is 5.56 Å². The van der Waals surface area contributed by atoms with Gasteiger partial charge < -0.3 is 10.3 Å². The predicted molar refractivity (Wildman–Crippen MR) is 49.0 cm³/mol. The van der Waals surface area contributed by atoms with Gasteiger partial charge in [-0.3, -0.25) is 4.79 Å². The van der Waals surface area contributed by atoms with Crippen molar-refractivity contribution in [2.75, 3.05) is 12.4 Å². The summed E-state index contributed by atoms with van der Waals surface area (Å²) in [7, 11) is 1.73. The number of hydrogen-bond donors (Lipinski definition) is 2. The first kappa shape index (κ1) is 8.33. The van der Waals surface area contributed by atoms with Crippen molar-refractivity contribution in [2.24, 2.45) is 0 Å². The molecule has 0 unspecified atom stereocenters. The highest BCUT2D eigenvalue weighted by Gasteiger charge is 2.03. The van der Waals surface area contributed by atoms with Crippen molar-refractivity contribution in [3.63, 3.8) is 0 Å². The molecular formula is C7H9BrN2O. The molecule has 3 nitrogen and oxygen atoms in total. The second-order valence-electron chi connectivity index (χ2n) is 2.22. The van der Waals surface area contributed by atoms with Crippen LogP contribution in [0.5, 0.6) is 0 Å². The Morgan fingerprint density at radius 2 is 2.27 bits per heavy atom. The molecule has 0 aromatic carbocycles. The summed E-state index contributed by atoms with van der Waals surface area (Å²) in [5, 5.41) is 2.83. The molecule has 0 aliphatic carbocycles. The summed E-state index contributed by atoms with van der Waals surface area (Å²) in [6, 6.07) is 0. The normalized spacial score (nSPS) is 9.73. The van der Waals surface area contributed by atoms with Crippen LogP contribution in [0.3, 0.4) is 0 Å². The topological polar surface area (TPSA) is 44.9 Å². The zero-order valence-electron chi connectivity index (χ0n) is 6.36. The van der Waals surface area contributed by atoms with E-state index in [1.165, 1.54) is 0 Å². The lowest BCUT2D eigenvalue weighted by Gasteiger charge is -2.03. The third-order valence-corrected chi connectivity index (χ3v) is 2.36. The highest BCUT2D eigenvalue weighted by Crippen LogP contribution is 2.17. The van der Waals surface area contributed by atoms with E-state index >= 15 is 0 Å². The first-order chi connectivity index (χ1) is 5.16. The Hall–Kier alpha value is -0.770. The van der Waals surface area contributed by atoms with E-state index in [0.717, 1.165) is 10.0 Å². The Morgan fingerprint density at radius 1 is 1.64 bits per heavy atom. The number of anilines is 1. The van der Waals surface area contributed by atoms with Crippen LogP contribution in [-0.4, -0.2) is 12.0 Å². The Kier molecular flexibility index (Phi) is 2.34. The molecule has 0 aliphatic heterocycles. The van der Waals surface area contributed by atoms with E-state index in [9.17, 15) is 4.79 Å². The number of H-pyrrole nitrogens is 1. The standard InChI is InChI=1S/C7H9BrN2O/c1-4-5(8)3-10-7(11)6(4)9-2/h3,9H,1-2H3,(H,10,11). The van der Waals surface area contributed by atoms with Gasteiger partial charge in [0, 0.05) is 17.7 Å². The van der Waals surface area contributed by atoms with Crippen LogP contribution in [0.15, 0.2) is 15.5 Å². The lowest BCUT2D eigenvalue weighted by atomic mass is 10.2. The van der Waals surface area contributed by atoms with E-state index in [2.05, 4.69) is 26.2 Å². The average molecular weight is 217 g/mol. The van der Waals surface area contributed by atoms with Crippen LogP contribution in [0, 0.1) is 6.92 Å². The number of nitrogens with one attached hydrogen (secondary N) is 2. The van der Waals surface area contributed by atoms with E-state index in [-0.39, 0.29) is 5.56 Å². The fourth-order valence-electron chi connectivity index (χ4n) is 0.900. The molecule has 0 spiro atoms. The maximum atomic E-state index is 11.1. The van der Waals surface area contributed by atoms with Crippen molar-refractivity contribution in [1.29, 1.82) is 0 Å². The molecule has 0 radical (unpaired) electrons. The van der Waals surface area contributed by atoms with Crippen LogP contribution in [-0.2, 0) is 0 Å². The van der Waals surface area contributed by atoms with Gasteiger partial charge in [-0.05, 0) is 28.4 Å². The van der Waals surface area contributed by atoms with Crippen LogP contribution >= 0.6 is 15.9 Å². The molecule has 0 saturated carbocycles. The summed E-state index contributed by atoms with van der Waals surface area (Å²) in [4.78, 5) is 13.7. The van der Waals surface area contributed by atoms with Crippen LogP contribution in [0.2, 0.25) is 0 Å². The summed E-state index contributed by atoms with van der Waals surface area (Å²) in [5.74, 6) is 0. The molecule has 11 heavy (non-hydrogen) atoms. The fourth-order valence-corrected chi connectivity index (χ4v) is 1.21. The average Bonchev–Trinajstić information content (AvgIpc) is 1.99. The molecule has 0 amide bonds. The van der Waals surface area contributed by atoms with Gasteiger partial charge in [-0.1, -0.05) is 0 Å². The number of rotatable bonds is 1. The van der Waals surface area contributed by atoms with Gasteiger partial charge in [-0.15, -0.1) is 0 Å². The minimum Gasteiger partial charge on any atom is -0.383 e. The van der Waals surface area contributed by atoms with Crippen molar-refractivity contribution >= 4 is 21.6 Å². The van der Waals surface area contributed by atoms with E-state index in [1.807, 2.05) is 6.92 Å². The minimum atomic E-state index is -0.0896. The van der Waals surface area contributed by atoms with Crippen molar-refractivity contribution in [3.8, 4) is 0 Å². The summed E-state index contributed by atoms with van der Waals surface area (Å²) in [6.45, 7) is 1.88. The first-order valence-electron chi connectivity index (χ1n) is 3.22. The number of aromatic nitrogens is 1. The second-order valence-corrected chi connectivity index (χ2v) is 3.07. The molecule has 0 bridgehead atoms. The van der Waals surface area contributed by atoms with Crippen molar-refractivity contribution in [2.45, 2.75) is 6.92 Å². The van der Waals surface area contributed by atoms with Gasteiger partial charge in [0.15, 0.2) is 0 Å². The highest BCUT2D eigenvalue weighted by atomic mass is 79.9. The Balaban J connectivity index is 3.41. The lowest BCUT2D eigenvalue weighted by Crippen LogP contribution is -2.12. The van der Waals surface area contributed by atoms with Gasteiger partial charge in [0.2, 0.25) is 0 Å². The molecule has 4 heteroatoms. The van der Waals surface area contributed by atoms with E-state index in [4.69, 9.17) is 0 Å². The Bertz CT molecular complexity index is 319. The zero-order valence-corrected chi connectivity index (χ0v) is 7.95. The molecule has 1 aromatic rings. The van der Waals surface area contributed by atoms with Gasteiger partial charge in [0.05, 0.1) is 0 Å². The molecule has 0 aliphatic rings. The molecule has 0 saturated heterocycles. The maximum absolute atomic E-state index is 11.1. The molecule has 0 atom stereocenters. The van der Waals surface area contributed by atoms with Crippen LogP contribution in [0.4, 0.5) is 5.69 Å². The smallest absolute Gasteiger partial charge is 0.271 e. The molecule has 1 heterocycles. The molecule has 0 fully saturated rings. The number of pyridine rings is 1. The molecule has 60 valence electrons. The number of aromatic amines is 1. The molecule has 1 aromatic heterocycles. The minimum absolute atomic E-state index is 0.0896. The maximum Gasteiger partial charge on any atom is 0.271 e. The quantitative estimate of drug-likeness (QED) is 0.748. The molecule has 1 rings (SSSR count). The number of halogens is 1. The molecular weight excluding hydrogens is 208 g/mol. The van der Waals surface area contributed by atoms with Crippen LogP contribution in [0.25, 0.3) is 0 Å². The van der Waals surface area contributed by atoms with Crippen LogP contribution < -0.4 is 10.9 Å². The Morgan fingerprint density at radius 3 is 2.73 bits per heavy atom. The third kappa shape index (κ3) is 1.45. The van der Waals surface area contributed by atoms with E-state index in [0.29, 0.717) is 5.69 Å². The largest absolute Gasteiger partial charge is 0.383 e. The van der Waals surface area contributed by atoms with Crippen molar-refractivity contribution in [3.05, 3.63) is 26.6 Å². The highest BCUT2D eigenvalue weighted by molar-refractivity contribution is 9.10. The van der Waals surface area contributed by atoms with Crippen LogP contribution in [0.1, 0.15) is 5.56 Å².